The number of aliphatic hydroxyl groups is 1. The summed E-state index contributed by atoms with van der Waals surface area (Å²) in [4.78, 5) is 4.05. The molecule has 15 heavy (non-hydrogen) atoms. The summed E-state index contributed by atoms with van der Waals surface area (Å²) in [6, 6.07) is 3.85. The quantitative estimate of drug-likeness (QED) is 0.747. The van der Waals surface area contributed by atoms with Crippen molar-refractivity contribution in [3.8, 4) is 0 Å². The van der Waals surface area contributed by atoms with Crippen molar-refractivity contribution in [3.63, 3.8) is 0 Å². The van der Waals surface area contributed by atoms with E-state index in [1.54, 1.807) is 12.4 Å². The highest BCUT2D eigenvalue weighted by molar-refractivity contribution is 5.16. The Balaban J connectivity index is 2.63. The average Bonchev–Trinajstić information content (AvgIpc) is 2.29. The standard InChI is InChI=1S/C12H20N2O/c1-2-3-6-12(15)11(8-13)10-5-4-7-14-9-10/h4-5,7,9,11-12,15H,2-3,6,8,13H2,1H3. The Kier molecular flexibility index (Phi) is 5.29. The zero-order valence-corrected chi connectivity index (χ0v) is 9.26. The maximum Gasteiger partial charge on any atom is 0.0621 e. The van der Waals surface area contributed by atoms with Crippen LogP contribution in [-0.4, -0.2) is 22.7 Å². The highest BCUT2D eigenvalue weighted by Gasteiger charge is 2.18. The molecule has 0 aliphatic rings. The molecule has 0 aliphatic carbocycles. The second-order valence-corrected chi connectivity index (χ2v) is 3.84. The van der Waals surface area contributed by atoms with E-state index in [1.807, 2.05) is 12.1 Å². The van der Waals surface area contributed by atoms with Crippen LogP contribution in [0.5, 0.6) is 0 Å². The lowest BCUT2D eigenvalue weighted by Crippen LogP contribution is -2.25. The van der Waals surface area contributed by atoms with Gasteiger partial charge in [0.2, 0.25) is 0 Å². The molecule has 0 amide bonds. The first kappa shape index (κ1) is 12.1. The summed E-state index contributed by atoms with van der Waals surface area (Å²) in [7, 11) is 0. The second kappa shape index (κ2) is 6.53. The number of nitrogens with zero attached hydrogens (tertiary/aromatic N) is 1. The summed E-state index contributed by atoms with van der Waals surface area (Å²) in [6.45, 7) is 2.59. The van der Waals surface area contributed by atoms with Crippen molar-refractivity contribution in [3.05, 3.63) is 30.1 Å². The number of pyridine rings is 1. The van der Waals surface area contributed by atoms with Crippen LogP contribution in [0.25, 0.3) is 0 Å². The summed E-state index contributed by atoms with van der Waals surface area (Å²) >= 11 is 0. The van der Waals surface area contributed by atoms with Crippen LogP contribution in [0.2, 0.25) is 0 Å². The van der Waals surface area contributed by atoms with E-state index < -0.39 is 0 Å². The van der Waals surface area contributed by atoms with Crippen LogP contribution >= 0.6 is 0 Å². The van der Waals surface area contributed by atoms with E-state index in [9.17, 15) is 5.11 Å². The van der Waals surface area contributed by atoms with Crippen LogP contribution in [-0.2, 0) is 0 Å². The first-order chi connectivity index (χ1) is 7.29. The summed E-state index contributed by atoms with van der Waals surface area (Å²) in [5.74, 6) is 0.0187. The molecule has 3 N–H and O–H groups in total. The van der Waals surface area contributed by atoms with Crippen molar-refractivity contribution in [1.82, 2.24) is 4.98 Å². The van der Waals surface area contributed by atoms with Crippen molar-refractivity contribution >= 4 is 0 Å². The number of unbranched alkanes of at least 4 members (excludes halogenated alkanes) is 1. The van der Waals surface area contributed by atoms with Crippen molar-refractivity contribution < 1.29 is 5.11 Å². The molecule has 2 atom stereocenters. The molecule has 84 valence electrons. The zero-order valence-electron chi connectivity index (χ0n) is 9.26. The van der Waals surface area contributed by atoms with Gasteiger partial charge in [-0.2, -0.15) is 0 Å². The molecule has 0 saturated heterocycles. The third kappa shape index (κ3) is 3.61. The van der Waals surface area contributed by atoms with Crippen molar-refractivity contribution in [2.24, 2.45) is 5.73 Å². The monoisotopic (exact) mass is 208 g/mol. The Morgan fingerprint density at radius 1 is 1.53 bits per heavy atom. The maximum atomic E-state index is 9.99. The number of hydrogen-bond donors (Lipinski definition) is 2. The molecule has 0 aromatic carbocycles. The van der Waals surface area contributed by atoms with Crippen LogP contribution in [0.1, 0.15) is 37.7 Å². The fraction of sp³-hybridized carbons (Fsp3) is 0.583. The molecular formula is C12H20N2O. The first-order valence-electron chi connectivity index (χ1n) is 5.57. The number of aliphatic hydroxyl groups excluding tert-OH is 1. The molecule has 1 aromatic heterocycles. The Morgan fingerprint density at radius 2 is 2.33 bits per heavy atom. The first-order valence-corrected chi connectivity index (χ1v) is 5.57. The number of aromatic nitrogens is 1. The van der Waals surface area contributed by atoms with E-state index in [1.165, 1.54) is 0 Å². The predicted octanol–water partition coefficient (Wildman–Crippen LogP) is 1.68. The molecular weight excluding hydrogens is 188 g/mol. The molecule has 3 nitrogen and oxygen atoms in total. The molecule has 0 spiro atoms. The van der Waals surface area contributed by atoms with E-state index >= 15 is 0 Å². The van der Waals surface area contributed by atoms with Gasteiger partial charge in [0.15, 0.2) is 0 Å². The smallest absolute Gasteiger partial charge is 0.0621 e. The van der Waals surface area contributed by atoms with Gasteiger partial charge in [-0.1, -0.05) is 25.8 Å². The number of nitrogens with two attached hydrogens (primary N) is 1. The Morgan fingerprint density at radius 3 is 2.87 bits per heavy atom. The number of hydrogen-bond acceptors (Lipinski definition) is 3. The minimum absolute atomic E-state index is 0.0187. The molecule has 0 saturated carbocycles. The molecule has 1 heterocycles. The second-order valence-electron chi connectivity index (χ2n) is 3.84. The van der Waals surface area contributed by atoms with Gasteiger partial charge in [-0.15, -0.1) is 0 Å². The Bertz CT molecular complexity index is 264. The summed E-state index contributed by atoms with van der Waals surface area (Å²) in [6.07, 6.45) is 6.12. The molecule has 0 fully saturated rings. The van der Waals surface area contributed by atoms with Crippen LogP contribution in [0, 0.1) is 0 Å². The van der Waals surface area contributed by atoms with E-state index in [4.69, 9.17) is 5.73 Å². The maximum absolute atomic E-state index is 9.99. The summed E-state index contributed by atoms with van der Waals surface area (Å²) in [5.41, 5.74) is 6.72. The molecule has 1 aromatic rings. The lowest BCUT2D eigenvalue weighted by molar-refractivity contribution is 0.133. The van der Waals surface area contributed by atoms with Gasteiger partial charge in [-0.25, -0.2) is 0 Å². The van der Waals surface area contributed by atoms with Crippen molar-refractivity contribution in [2.75, 3.05) is 6.54 Å². The van der Waals surface area contributed by atoms with Gasteiger partial charge < -0.3 is 10.8 Å². The van der Waals surface area contributed by atoms with Gasteiger partial charge in [-0.3, -0.25) is 4.98 Å². The van der Waals surface area contributed by atoms with Gasteiger partial charge >= 0.3 is 0 Å². The van der Waals surface area contributed by atoms with Crippen LogP contribution < -0.4 is 5.73 Å². The Hall–Kier alpha value is -0.930. The molecule has 2 unspecified atom stereocenters. The fourth-order valence-corrected chi connectivity index (χ4v) is 1.73. The molecule has 0 radical (unpaired) electrons. The largest absolute Gasteiger partial charge is 0.392 e. The lowest BCUT2D eigenvalue weighted by atomic mass is 9.92. The molecule has 3 heteroatoms. The molecule has 0 bridgehead atoms. The lowest BCUT2D eigenvalue weighted by Gasteiger charge is -2.21. The van der Waals surface area contributed by atoms with Crippen molar-refractivity contribution in [1.29, 1.82) is 0 Å². The minimum Gasteiger partial charge on any atom is -0.392 e. The highest BCUT2D eigenvalue weighted by atomic mass is 16.3. The van der Waals surface area contributed by atoms with Gasteiger partial charge in [0.25, 0.3) is 0 Å². The minimum atomic E-state index is -0.348. The highest BCUT2D eigenvalue weighted by Crippen LogP contribution is 2.21. The predicted molar refractivity (Wildman–Crippen MR) is 61.6 cm³/mol. The third-order valence-electron chi connectivity index (χ3n) is 2.68. The Labute approximate surface area is 91.3 Å². The molecule has 0 aliphatic heterocycles. The van der Waals surface area contributed by atoms with E-state index in [2.05, 4.69) is 11.9 Å². The van der Waals surface area contributed by atoms with E-state index in [-0.39, 0.29) is 12.0 Å². The van der Waals surface area contributed by atoms with Gasteiger partial charge in [0, 0.05) is 24.9 Å². The summed E-state index contributed by atoms with van der Waals surface area (Å²) < 4.78 is 0. The van der Waals surface area contributed by atoms with E-state index in [0.29, 0.717) is 6.54 Å². The average molecular weight is 208 g/mol. The topological polar surface area (TPSA) is 59.1 Å². The van der Waals surface area contributed by atoms with Gasteiger partial charge in [-0.05, 0) is 18.1 Å². The van der Waals surface area contributed by atoms with Crippen molar-refractivity contribution in [2.45, 2.75) is 38.2 Å². The van der Waals surface area contributed by atoms with E-state index in [0.717, 1.165) is 24.8 Å². The summed E-state index contributed by atoms with van der Waals surface area (Å²) in [5, 5.41) is 9.99. The normalized spacial score (nSPS) is 14.9. The molecule has 1 rings (SSSR count). The fourth-order valence-electron chi connectivity index (χ4n) is 1.73. The number of rotatable bonds is 6. The van der Waals surface area contributed by atoms with Gasteiger partial charge in [0.05, 0.1) is 6.10 Å². The van der Waals surface area contributed by atoms with Crippen LogP contribution in [0.3, 0.4) is 0 Å². The van der Waals surface area contributed by atoms with Crippen LogP contribution in [0.15, 0.2) is 24.5 Å². The third-order valence-corrected chi connectivity index (χ3v) is 2.68. The SMILES string of the molecule is CCCCC(O)C(CN)c1cccnc1. The van der Waals surface area contributed by atoms with Gasteiger partial charge in [0.1, 0.15) is 0 Å². The van der Waals surface area contributed by atoms with Crippen LogP contribution in [0.4, 0.5) is 0 Å². The zero-order chi connectivity index (χ0) is 11.1.